The molecule has 0 amide bonds. The largest absolute Gasteiger partial charge is 0.361 e. The molecule has 1 fully saturated rings. The predicted molar refractivity (Wildman–Crippen MR) is 89.3 cm³/mol. The first-order chi connectivity index (χ1) is 10.6. The fourth-order valence-corrected chi connectivity index (χ4v) is 2.73. The molecular formula is C15H17Cl2N3O2. The van der Waals surface area contributed by atoms with Gasteiger partial charge in [-0.25, -0.2) is 0 Å². The van der Waals surface area contributed by atoms with Crippen molar-refractivity contribution in [2.75, 3.05) is 18.4 Å². The predicted octanol–water partition coefficient (Wildman–Crippen LogP) is 4.35. The number of nitrogens with one attached hydrogen (secondary N) is 1. The molecule has 1 aromatic carbocycles. The molecule has 0 aliphatic carbocycles. The molecule has 0 radical (unpaired) electrons. The van der Waals surface area contributed by atoms with E-state index in [1.54, 1.807) is 12.1 Å². The zero-order valence-corrected chi connectivity index (χ0v) is 13.5. The Hall–Kier alpha value is -1.72. The molecule has 1 heterocycles. The first-order valence-electron chi connectivity index (χ1n) is 7.06. The summed E-state index contributed by atoms with van der Waals surface area (Å²) >= 11 is 12.4. The van der Waals surface area contributed by atoms with E-state index in [-0.39, 0.29) is 15.9 Å². The van der Waals surface area contributed by atoms with Gasteiger partial charge in [-0.15, -0.1) is 0 Å². The summed E-state index contributed by atoms with van der Waals surface area (Å²) in [6.45, 7) is 1.54. The molecule has 0 atom stereocenters. The van der Waals surface area contributed by atoms with Crippen LogP contribution in [-0.2, 0) is 0 Å². The van der Waals surface area contributed by atoms with Gasteiger partial charge in [-0.05, 0) is 31.4 Å². The Kier molecular flexibility index (Phi) is 6.10. The lowest BCUT2D eigenvalue weighted by atomic mass is 10.1. The van der Waals surface area contributed by atoms with Gasteiger partial charge in [0.25, 0.3) is 0 Å². The number of nitrogens with zero attached hydrogens (tertiary/aromatic N) is 2. The molecule has 7 heteroatoms. The summed E-state index contributed by atoms with van der Waals surface area (Å²) in [5.41, 5.74) is 0.488. The van der Waals surface area contributed by atoms with E-state index in [1.807, 2.05) is 23.1 Å². The van der Waals surface area contributed by atoms with Crippen LogP contribution in [0.2, 0.25) is 0 Å². The number of rotatable bonds is 5. The molecule has 1 aromatic rings. The molecule has 0 unspecified atom stereocenters. The van der Waals surface area contributed by atoms with Gasteiger partial charge in [-0.1, -0.05) is 41.4 Å². The van der Waals surface area contributed by atoms with E-state index in [4.69, 9.17) is 23.2 Å². The average Bonchev–Trinajstić information content (AvgIpc) is 2.55. The third kappa shape index (κ3) is 4.39. The molecular weight excluding hydrogens is 325 g/mol. The summed E-state index contributed by atoms with van der Waals surface area (Å²) in [7, 11) is 0. The summed E-state index contributed by atoms with van der Waals surface area (Å²) in [6.07, 6.45) is 4.44. The monoisotopic (exact) mass is 341 g/mol. The maximum Gasteiger partial charge on any atom is 0.306 e. The topological polar surface area (TPSA) is 58.4 Å². The number of likely N-dealkylation sites (tertiary alicyclic amines) is 1. The van der Waals surface area contributed by atoms with Crippen molar-refractivity contribution in [3.63, 3.8) is 0 Å². The maximum atomic E-state index is 11.3. The average molecular weight is 342 g/mol. The van der Waals surface area contributed by atoms with E-state index in [9.17, 15) is 10.1 Å². The highest BCUT2D eigenvalue weighted by atomic mass is 35.5. The molecule has 1 N–H and O–H groups in total. The van der Waals surface area contributed by atoms with Gasteiger partial charge in [0.15, 0.2) is 5.03 Å². The van der Waals surface area contributed by atoms with E-state index in [1.165, 1.54) is 6.20 Å². The van der Waals surface area contributed by atoms with Gasteiger partial charge < -0.3 is 10.2 Å². The van der Waals surface area contributed by atoms with Gasteiger partial charge >= 0.3 is 5.70 Å². The Morgan fingerprint density at radius 1 is 1.18 bits per heavy atom. The number of piperidine rings is 1. The summed E-state index contributed by atoms with van der Waals surface area (Å²) in [5.74, 6) is 0. The molecule has 5 nitrogen and oxygen atoms in total. The van der Waals surface area contributed by atoms with Crippen molar-refractivity contribution in [2.24, 2.45) is 0 Å². The normalized spacial score (nSPS) is 17.0. The number of hydrogen-bond acceptors (Lipinski definition) is 4. The van der Waals surface area contributed by atoms with Crippen LogP contribution in [0.1, 0.15) is 19.3 Å². The maximum absolute atomic E-state index is 11.3. The van der Waals surface area contributed by atoms with Crippen molar-refractivity contribution >= 4 is 28.9 Å². The van der Waals surface area contributed by atoms with E-state index in [2.05, 4.69) is 5.32 Å². The molecule has 118 valence electrons. The van der Waals surface area contributed by atoms with Crippen LogP contribution in [0.25, 0.3) is 0 Å². The summed E-state index contributed by atoms with van der Waals surface area (Å²) in [5, 5.41) is 14.3. The van der Waals surface area contributed by atoms with Crippen LogP contribution in [0.4, 0.5) is 5.69 Å². The van der Waals surface area contributed by atoms with Crippen molar-refractivity contribution in [3.05, 3.63) is 62.5 Å². The number of allylic oxidation sites excluding steroid dienone is 1. The Bertz CT molecular complexity index is 582. The van der Waals surface area contributed by atoms with E-state index in [0.29, 0.717) is 0 Å². The van der Waals surface area contributed by atoms with Crippen LogP contribution in [0.15, 0.2) is 52.4 Å². The lowest BCUT2D eigenvalue weighted by molar-refractivity contribution is -0.420. The molecule has 1 aliphatic heterocycles. The molecule has 0 aromatic heterocycles. The van der Waals surface area contributed by atoms with Crippen LogP contribution in [0.3, 0.4) is 0 Å². The molecule has 1 saturated heterocycles. The minimum atomic E-state index is -0.537. The summed E-state index contributed by atoms with van der Waals surface area (Å²) in [6, 6.07) is 9.14. The molecule has 0 spiro atoms. The third-order valence-corrected chi connectivity index (χ3v) is 4.28. The van der Waals surface area contributed by atoms with Crippen LogP contribution in [-0.4, -0.2) is 22.9 Å². The van der Waals surface area contributed by atoms with Crippen molar-refractivity contribution in [3.8, 4) is 0 Å². The number of nitro groups is 1. The van der Waals surface area contributed by atoms with E-state index >= 15 is 0 Å². The van der Waals surface area contributed by atoms with Gasteiger partial charge in [0, 0.05) is 18.8 Å². The zero-order chi connectivity index (χ0) is 15.9. The lowest BCUT2D eigenvalue weighted by Crippen LogP contribution is -2.28. The summed E-state index contributed by atoms with van der Waals surface area (Å²) in [4.78, 5) is 12.6. The smallest absolute Gasteiger partial charge is 0.306 e. The first-order valence-corrected chi connectivity index (χ1v) is 7.82. The SMILES string of the molecule is O=[N+]([O-])C(=CNc1ccccc1)C(Cl)=C(Cl)N1CCCCC1. The lowest BCUT2D eigenvalue weighted by Gasteiger charge is -2.28. The molecule has 22 heavy (non-hydrogen) atoms. The van der Waals surface area contributed by atoms with E-state index in [0.717, 1.165) is 38.0 Å². The van der Waals surface area contributed by atoms with Gasteiger partial charge in [0.1, 0.15) is 5.16 Å². The highest BCUT2D eigenvalue weighted by Crippen LogP contribution is 2.28. The molecule has 0 saturated carbocycles. The van der Waals surface area contributed by atoms with E-state index < -0.39 is 4.92 Å². The van der Waals surface area contributed by atoms with Crippen molar-refractivity contribution in [2.45, 2.75) is 19.3 Å². The number of benzene rings is 1. The minimum Gasteiger partial charge on any atom is -0.361 e. The third-order valence-electron chi connectivity index (χ3n) is 3.39. The number of halogens is 2. The second kappa shape index (κ2) is 8.06. The van der Waals surface area contributed by atoms with Crippen molar-refractivity contribution < 1.29 is 4.92 Å². The fraction of sp³-hybridized carbons (Fsp3) is 0.333. The Morgan fingerprint density at radius 3 is 2.41 bits per heavy atom. The second-order valence-corrected chi connectivity index (χ2v) is 5.69. The number of hydrogen-bond donors (Lipinski definition) is 1. The zero-order valence-electron chi connectivity index (χ0n) is 12.0. The highest BCUT2D eigenvalue weighted by molar-refractivity contribution is 6.40. The quantitative estimate of drug-likeness (QED) is 0.374. The van der Waals surface area contributed by atoms with Gasteiger partial charge in [0.2, 0.25) is 0 Å². The second-order valence-electron chi connectivity index (χ2n) is 4.95. The molecule has 1 aliphatic rings. The van der Waals surface area contributed by atoms with Crippen LogP contribution in [0.5, 0.6) is 0 Å². The first kappa shape index (κ1) is 16.6. The van der Waals surface area contributed by atoms with Crippen LogP contribution < -0.4 is 5.32 Å². The standard InChI is InChI=1S/C15H17Cl2N3O2/c16-14(15(17)19-9-5-2-6-10-19)13(20(21)22)11-18-12-7-3-1-4-8-12/h1,3-4,7-8,11,18H,2,5-6,9-10H2. The highest BCUT2D eigenvalue weighted by Gasteiger charge is 2.23. The van der Waals surface area contributed by atoms with Crippen LogP contribution >= 0.6 is 23.2 Å². The Morgan fingerprint density at radius 2 is 1.82 bits per heavy atom. The Balaban J connectivity index is 2.20. The molecule has 2 rings (SSSR count). The summed E-state index contributed by atoms with van der Waals surface area (Å²) < 4.78 is 0. The van der Waals surface area contributed by atoms with Crippen LogP contribution in [0, 0.1) is 10.1 Å². The molecule has 0 bridgehead atoms. The Labute approximate surface area is 139 Å². The number of para-hydroxylation sites is 1. The fourth-order valence-electron chi connectivity index (χ4n) is 2.22. The van der Waals surface area contributed by atoms with Crippen molar-refractivity contribution in [1.29, 1.82) is 0 Å². The van der Waals surface area contributed by atoms with Crippen molar-refractivity contribution in [1.82, 2.24) is 4.90 Å². The van der Waals surface area contributed by atoms with Gasteiger partial charge in [0.05, 0.1) is 11.1 Å². The minimum absolute atomic E-state index is 0.0444. The number of anilines is 1. The van der Waals surface area contributed by atoms with Gasteiger partial charge in [-0.2, -0.15) is 0 Å². The van der Waals surface area contributed by atoms with Gasteiger partial charge in [-0.3, -0.25) is 10.1 Å².